The molecule has 0 saturated heterocycles. The fourth-order valence-electron chi connectivity index (χ4n) is 2.68. The number of benzene rings is 2. The second-order valence-electron chi connectivity index (χ2n) is 5.98. The maximum atomic E-state index is 6.23. The number of fused-ring (bicyclic) bond motifs is 1. The highest BCUT2D eigenvalue weighted by Crippen LogP contribution is 2.26. The van der Waals surface area contributed by atoms with Gasteiger partial charge >= 0.3 is 0 Å². The van der Waals surface area contributed by atoms with E-state index in [1.54, 1.807) is 10.9 Å². The highest BCUT2D eigenvalue weighted by atomic mass is 35.5. The summed E-state index contributed by atoms with van der Waals surface area (Å²) in [7, 11) is 1.85. The van der Waals surface area contributed by atoms with Crippen molar-refractivity contribution in [3.8, 4) is 0 Å². The molecule has 2 N–H and O–H groups in total. The summed E-state index contributed by atoms with van der Waals surface area (Å²) in [4.78, 5) is 9.18. The maximum absolute atomic E-state index is 6.23. The van der Waals surface area contributed by atoms with Gasteiger partial charge in [0, 0.05) is 29.3 Å². The van der Waals surface area contributed by atoms with E-state index < -0.39 is 0 Å². The van der Waals surface area contributed by atoms with Gasteiger partial charge in [-0.3, -0.25) is 4.68 Å². The minimum Gasteiger partial charge on any atom is -0.350 e. The minimum atomic E-state index is 0.488. The molecule has 4 aromatic rings. The van der Waals surface area contributed by atoms with Crippen molar-refractivity contribution in [3.63, 3.8) is 0 Å². The van der Waals surface area contributed by atoms with Crippen LogP contribution >= 0.6 is 23.2 Å². The van der Waals surface area contributed by atoms with Crippen LogP contribution in [0.15, 0.2) is 54.7 Å². The zero-order valence-corrected chi connectivity index (χ0v) is 16.0. The fraction of sp³-hybridized carbons (Fsp3) is 0.105. The summed E-state index contributed by atoms with van der Waals surface area (Å²) in [5, 5.41) is 13.0. The molecule has 4 rings (SSSR count). The van der Waals surface area contributed by atoms with E-state index in [1.165, 1.54) is 0 Å². The van der Waals surface area contributed by atoms with Gasteiger partial charge in [-0.25, -0.2) is 0 Å². The molecule has 8 heteroatoms. The molecule has 136 valence electrons. The van der Waals surface area contributed by atoms with Crippen LogP contribution in [0.3, 0.4) is 0 Å². The number of aryl methyl sites for hydroxylation is 1. The number of halogens is 2. The molecule has 0 radical (unpaired) electrons. The molecule has 27 heavy (non-hydrogen) atoms. The van der Waals surface area contributed by atoms with Gasteiger partial charge in [0.25, 0.3) is 0 Å². The SMILES string of the molecule is Cn1ncc2c(Nc3ccc(Cl)cc3)nc(NCc3ccccc3Cl)nc21. The van der Waals surface area contributed by atoms with E-state index in [9.17, 15) is 0 Å². The number of nitrogens with one attached hydrogen (secondary N) is 2. The van der Waals surface area contributed by atoms with E-state index in [-0.39, 0.29) is 0 Å². The summed E-state index contributed by atoms with van der Waals surface area (Å²) >= 11 is 12.2. The normalized spacial score (nSPS) is 10.9. The predicted molar refractivity (Wildman–Crippen MR) is 110 cm³/mol. The Morgan fingerprint density at radius 1 is 1.00 bits per heavy atom. The molecule has 2 heterocycles. The Morgan fingerprint density at radius 3 is 2.56 bits per heavy atom. The van der Waals surface area contributed by atoms with Crippen LogP contribution < -0.4 is 10.6 Å². The van der Waals surface area contributed by atoms with Crippen LogP contribution in [0, 0.1) is 0 Å². The molecular weight excluding hydrogens is 383 g/mol. The van der Waals surface area contributed by atoms with Gasteiger partial charge in [-0.15, -0.1) is 0 Å². The molecule has 6 nitrogen and oxygen atoms in total. The Bertz CT molecular complexity index is 1090. The predicted octanol–water partition coefficient (Wildman–Crippen LogP) is 5.03. The Hall–Kier alpha value is -2.83. The van der Waals surface area contributed by atoms with E-state index in [4.69, 9.17) is 23.2 Å². The number of hydrogen-bond donors (Lipinski definition) is 2. The van der Waals surface area contributed by atoms with Crippen LogP contribution in [0.2, 0.25) is 10.0 Å². The van der Waals surface area contributed by atoms with E-state index in [2.05, 4.69) is 25.7 Å². The first-order chi connectivity index (χ1) is 13.1. The van der Waals surface area contributed by atoms with Gasteiger partial charge < -0.3 is 10.6 Å². The Kier molecular flexibility index (Phi) is 4.83. The van der Waals surface area contributed by atoms with Crippen LogP contribution in [0.5, 0.6) is 0 Å². The fourth-order valence-corrected chi connectivity index (χ4v) is 3.01. The number of anilines is 3. The molecule has 0 saturated carbocycles. The molecule has 0 aliphatic rings. The van der Waals surface area contributed by atoms with Crippen LogP contribution in [-0.2, 0) is 13.6 Å². The van der Waals surface area contributed by atoms with Crippen molar-refractivity contribution in [2.24, 2.45) is 7.05 Å². The summed E-state index contributed by atoms with van der Waals surface area (Å²) in [5.41, 5.74) is 2.57. The zero-order valence-electron chi connectivity index (χ0n) is 14.4. The number of rotatable bonds is 5. The lowest BCUT2D eigenvalue weighted by Crippen LogP contribution is -2.07. The number of nitrogens with zero attached hydrogens (tertiary/aromatic N) is 4. The third-order valence-electron chi connectivity index (χ3n) is 4.09. The summed E-state index contributed by atoms with van der Waals surface area (Å²) in [6, 6.07) is 15.1. The summed E-state index contributed by atoms with van der Waals surface area (Å²) in [6.45, 7) is 0.517. The molecule has 0 unspecified atom stereocenters. The smallest absolute Gasteiger partial charge is 0.227 e. The molecule has 0 bridgehead atoms. The quantitative estimate of drug-likeness (QED) is 0.493. The van der Waals surface area contributed by atoms with Crippen molar-refractivity contribution in [2.75, 3.05) is 10.6 Å². The average molecular weight is 399 g/mol. The Labute approximate surface area is 166 Å². The van der Waals surface area contributed by atoms with Gasteiger partial charge in [0.2, 0.25) is 5.95 Å². The van der Waals surface area contributed by atoms with Gasteiger partial charge in [0.05, 0.1) is 11.6 Å². The van der Waals surface area contributed by atoms with Gasteiger partial charge in [-0.05, 0) is 35.9 Å². The highest BCUT2D eigenvalue weighted by molar-refractivity contribution is 6.31. The van der Waals surface area contributed by atoms with E-state index >= 15 is 0 Å². The molecule has 2 aromatic carbocycles. The molecule has 0 amide bonds. The molecule has 2 aromatic heterocycles. The minimum absolute atomic E-state index is 0.488. The van der Waals surface area contributed by atoms with Gasteiger partial charge in [-0.1, -0.05) is 41.4 Å². The molecular formula is C19H16Cl2N6. The second kappa shape index (κ2) is 7.42. The Balaban J connectivity index is 1.66. The first-order valence-corrected chi connectivity index (χ1v) is 9.05. The van der Waals surface area contributed by atoms with Gasteiger partial charge in [0.15, 0.2) is 5.65 Å². The lowest BCUT2D eigenvalue weighted by molar-refractivity contribution is 0.785. The first kappa shape index (κ1) is 17.6. The van der Waals surface area contributed by atoms with Crippen molar-refractivity contribution < 1.29 is 0 Å². The molecule has 0 aliphatic heterocycles. The molecule has 0 aliphatic carbocycles. The third kappa shape index (κ3) is 3.82. The largest absolute Gasteiger partial charge is 0.350 e. The van der Waals surface area contributed by atoms with Crippen LogP contribution in [0.25, 0.3) is 11.0 Å². The first-order valence-electron chi connectivity index (χ1n) is 8.30. The molecule has 0 atom stereocenters. The summed E-state index contributed by atoms with van der Waals surface area (Å²) < 4.78 is 1.71. The monoisotopic (exact) mass is 398 g/mol. The standard InChI is InChI=1S/C19H16Cl2N6/c1-27-18-15(11-23-27)17(24-14-8-6-13(20)7-9-14)25-19(26-18)22-10-12-4-2-3-5-16(12)21/h2-9,11H,10H2,1H3,(H2,22,24,25,26). The van der Waals surface area contributed by atoms with E-state index in [0.717, 1.165) is 22.3 Å². The van der Waals surface area contributed by atoms with Crippen LogP contribution in [0.4, 0.5) is 17.5 Å². The van der Waals surface area contributed by atoms with Gasteiger partial charge in [0.1, 0.15) is 5.82 Å². The average Bonchev–Trinajstić information content (AvgIpc) is 3.04. The lowest BCUT2D eigenvalue weighted by Gasteiger charge is -2.11. The maximum Gasteiger partial charge on any atom is 0.227 e. The van der Waals surface area contributed by atoms with E-state index in [1.807, 2.05) is 55.6 Å². The zero-order chi connectivity index (χ0) is 18.8. The van der Waals surface area contributed by atoms with Gasteiger partial charge in [-0.2, -0.15) is 15.1 Å². The van der Waals surface area contributed by atoms with Crippen molar-refractivity contribution in [1.29, 1.82) is 0 Å². The number of hydrogen-bond acceptors (Lipinski definition) is 5. The van der Waals surface area contributed by atoms with Crippen LogP contribution in [0.1, 0.15) is 5.56 Å². The van der Waals surface area contributed by atoms with E-state index in [0.29, 0.717) is 28.4 Å². The van der Waals surface area contributed by atoms with Crippen molar-refractivity contribution in [2.45, 2.75) is 6.54 Å². The van der Waals surface area contributed by atoms with Crippen molar-refractivity contribution >= 4 is 51.7 Å². The van der Waals surface area contributed by atoms with Crippen molar-refractivity contribution in [3.05, 3.63) is 70.3 Å². The summed E-state index contributed by atoms with van der Waals surface area (Å²) in [5.74, 6) is 1.15. The Morgan fingerprint density at radius 2 is 1.78 bits per heavy atom. The van der Waals surface area contributed by atoms with Crippen molar-refractivity contribution in [1.82, 2.24) is 19.7 Å². The lowest BCUT2D eigenvalue weighted by atomic mass is 10.2. The molecule has 0 fully saturated rings. The summed E-state index contributed by atoms with van der Waals surface area (Å²) in [6.07, 6.45) is 1.74. The third-order valence-corrected chi connectivity index (χ3v) is 4.71. The second-order valence-corrected chi connectivity index (χ2v) is 6.82. The number of aromatic nitrogens is 4. The molecule has 0 spiro atoms. The van der Waals surface area contributed by atoms with Crippen LogP contribution in [-0.4, -0.2) is 19.7 Å². The topological polar surface area (TPSA) is 67.7 Å². The highest BCUT2D eigenvalue weighted by Gasteiger charge is 2.12.